The maximum absolute atomic E-state index is 11.2. The third kappa shape index (κ3) is 4.50. The number of carbonyl (C=O) groups is 2. The van der Waals surface area contributed by atoms with Gasteiger partial charge in [0.15, 0.2) is 5.82 Å². The topological polar surface area (TPSA) is 94.8 Å². The number of esters is 2. The second kappa shape index (κ2) is 6.70. The second-order valence-electron chi connectivity index (χ2n) is 3.53. The Morgan fingerprint density at radius 3 is 2.17 bits per heavy atom. The van der Waals surface area contributed by atoms with Crippen molar-refractivity contribution < 1.29 is 23.6 Å². The van der Waals surface area contributed by atoms with Gasteiger partial charge in [0.25, 0.3) is 0 Å². The van der Waals surface area contributed by atoms with Crippen molar-refractivity contribution in [2.45, 2.75) is 13.5 Å². The lowest BCUT2D eigenvalue weighted by Gasteiger charge is -2.17. The molecule has 1 rings (SSSR count). The molecule has 0 saturated carbocycles. The summed E-state index contributed by atoms with van der Waals surface area (Å²) < 4.78 is 13.9. The molecule has 0 N–H and O–H groups in total. The molecular weight excluding hydrogens is 242 g/mol. The highest BCUT2D eigenvalue weighted by Gasteiger charge is 2.18. The van der Waals surface area contributed by atoms with Gasteiger partial charge in [0, 0.05) is 6.92 Å². The average molecular weight is 257 g/mol. The van der Waals surface area contributed by atoms with E-state index in [0.29, 0.717) is 11.7 Å². The first-order chi connectivity index (χ1) is 8.55. The van der Waals surface area contributed by atoms with Gasteiger partial charge in [-0.2, -0.15) is 4.98 Å². The van der Waals surface area contributed by atoms with Gasteiger partial charge in [-0.1, -0.05) is 5.16 Å². The molecule has 8 nitrogen and oxygen atoms in total. The van der Waals surface area contributed by atoms with Crippen molar-refractivity contribution in [3.8, 4) is 0 Å². The third-order valence-corrected chi connectivity index (χ3v) is 2.10. The Labute approximate surface area is 104 Å². The number of aromatic nitrogens is 2. The number of hydrogen-bond acceptors (Lipinski definition) is 8. The van der Waals surface area contributed by atoms with E-state index in [1.807, 2.05) is 0 Å². The predicted molar refractivity (Wildman–Crippen MR) is 58.3 cm³/mol. The molecule has 0 aliphatic heterocycles. The molecular formula is C10H15N3O5. The van der Waals surface area contributed by atoms with Crippen LogP contribution in [-0.4, -0.2) is 54.3 Å². The zero-order chi connectivity index (χ0) is 13.5. The fraction of sp³-hybridized carbons (Fsp3) is 0.600. The van der Waals surface area contributed by atoms with Crippen molar-refractivity contribution >= 4 is 11.9 Å². The molecule has 0 fully saturated rings. The zero-order valence-electron chi connectivity index (χ0n) is 10.5. The molecule has 0 aliphatic rings. The van der Waals surface area contributed by atoms with E-state index >= 15 is 0 Å². The number of hydrogen-bond donors (Lipinski definition) is 0. The Morgan fingerprint density at radius 1 is 1.22 bits per heavy atom. The van der Waals surface area contributed by atoms with E-state index in [0.717, 1.165) is 0 Å². The molecule has 0 saturated heterocycles. The number of nitrogens with zero attached hydrogens (tertiary/aromatic N) is 3. The predicted octanol–water partition coefficient (Wildman–Crippen LogP) is -0.474. The molecule has 0 bridgehead atoms. The highest BCUT2D eigenvalue weighted by atomic mass is 16.5. The summed E-state index contributed by atoms with van der Waals surface area (Å²) in [7, 11) is 2.55. The number of rotatable bonds is 6. The summed E-state index contributed by atoms with van der Waals surface area (Å²) >= 11 is 0. The maximum Gasteiger partial charge on any atom is 0.319 e. The molecule has 0 radical (unpaired) electrons. The Bertz CT molecular complexity index is 399. The largest absolute Gasteiger partial charge is 0.468 e. The van der Waals surface area contributed by atoms with E-state index in [9.17, 15) is 9.59 Å². The number of ether oxygens (including phenoxy) is 2. The highest BCUT2D eigenvalue weighted by molar-refractivity contribution is 5.74. The van der Waals surface area contributed by atoms with Crippen LogP contribution in [0.2, 0.25) is 0 Å². The third-order valence-electron chi connectivity index (χ3n) is 2.10. The van der Waals surface area contributed by atoms with Crippen LogP contribution in [0, 0.1) is 6.92 Å². The molecule has 1 heterocycles. The van der Waals surface area contributed by atoms with Crippen molar-refractivity contribution in [2.75, 3.05) is 27.3 Å². The minimum atomic E-state index is -0.459. The van der Waals surface area contributed by atoms with Crippen molar-refractivity contribution in [2.24, 2.45) is 0 Å². The highest BCUT2D eigenvalue weighted by Crippen LogP contribution is 2.02. The van der Waals surface area contributed by atoms with Gasteiger partial charge in [0.2, 0.25) is 5.89 Å². The quantitative estimate of drug-likeness (QED) is 0.631. The number of methoxy groups -OCH3 is 2. The lowest BCUT2D eigenvalue weighted by Crippen LogP contribution is -2.35. The van der Waals surface area contributed by atoms with Gasteiger partial charge in [0.1, 0.15) is 0 Å². The van der Waals surface area contributed by atoms with Crippen LogP contribution < -0.4 is 0 Å². The Balaban J connectivity index is 2.64. The minimum absolute atomic E-state index is 0.0564. The van der Waals surface area contributed by atoms with E-state index in [1.165, 1.54) is 19.1 Å². The van der Waals surface area contributed by atoms with E-state index in [4.69, 9.17) is 4.52 Å². The molecule has 0 aromatic carbocycles. The summed E-state index contributed by atoms with van der Waals surface area (Å²) in [6.07, 6.45) is 0. The molecule has 8 heteroatoms. The van der Waals surface area contributed by atoms with Crippen LogP contribution in [0.15, 0.2) is 4.52 Å². The van der Waals surface area contributed by atoms with Crippen LogP contribution in [0.25, 0.3) is 0 Å². The first kappa shape index (κ1) is 14.1. The van der Waals surface area contributed by atoms with Crippen LogP contribution in [0.1, 0.15) is 11.7 Å². The standard InChI is InChI=1S/C10H15N3O5/c1-7-11-8(12-18-7)4-13(5-9(14)16-2)6-10(15)17-3/h4-6H2,1-3H3. The maximum atomic E-state index is 11.2. The van der Waals surface area contributed by atoms with Gasteiger partial charge in [-0.3, -0.25) is 14.5 Å². The normalized spacial score (nSPS) is 10.4. The lowest BCUT2D eigenvalue weighted by molar-refractivity contribution is -0.145. The van der Waals surface area contributed by atoms with Crippen molar-refractivity contribution in [1.29, 1.82) is 0 Å². The molecule has 1 aromatic heterocycles. The monoisotopic (exact) mass is 257 g/mol. The van der Waals surface area contributed by atoms with E-state index in [1.54, 1.807) is 6.92 Å². The van der Waals surface area contributed by atoms with Gasteiger partial charge in [-0.05, 0) is 0 Å². The molecule has 0 unspecified atom stereocenters. The fourth-order valence-corrected chi connectivity index (χ4v) is 1.27. The Morgan fingerprint density at radius 2 is 1.78 bits per heavy atom. The zero-order valence-corrected chi connectivity index (χ0v) is 10.5. The summed E-state index contributed by atoms with van der Waals surface area (Å²) in [6, 6.07) is 0. The minimum Gasteiger partial charge on any atom is -0.468 e. The summed E-state index contributed by atoms with van der Waals surface area (Å²) in [4.78, 5) is 27.9. The molecule has 0 aliphatic carbocycles. The van der Waals surface area contributed by atoms with E-state index in [-0.39, 0.29) is 19.6 Å². The number of carbonyl (C=O) groups excluding carboxylic acids is 2. The van der Waals surface area contributed by atoms with Crippen molar-refractivity contribution in [1.82, 2.24) is 15.0 Å². The van der Waals surface area contributed by atoms with Crippen molar-refractivity contribution in [3.05, 3.63) is 11.7 Å². The molecule has 1 aromatic rings. The molecule has 0 atom stereocenters. The average Bonchev–Trinajstić information content (AvgIpc) is 2.74. The first-order valence-corrected chi connectivity index (χ1v) is 5.20. The molecule has 0 spiro atoms. The summed E-state index contributed by atoms with van der Waals surface area (Å²) in [6.45, 7) is 1.74. The Kier molecular flexibility index (Phi) is 5.25. The summed E-state index contributed by atoms with van der Waals surface area (Å²) in [5, 5.41) is 3.69. The van der Waals surface area contributed by atoms with Gasteiger partial charge in [-0.15, -0.1) is 0 Å². The molecule has 0 amide bonds. The summed E-state index contributed by atoms with van der Waals surface area (Å²) in [5.74, 6) is -0.111. The smallest absolute Gasteiger partial charge is 0.319 e. The van der Waals surface area contributed by atoms with Crippen LogP contribution in [0.3, 0.4) is 0 Å². The second-order valence-corrected chi connectivity index (χ2v) is 3.53. The van der Waals surface area contributed by atoms with Crippen LogP contribution in [0.5, 0.6) is 0 Å². The van der Waals surface area contributed by atoms with E-state index < -0.39 is 11.9 Å². The van der Waals surface area contributed by atoms with Gasteiger partial charge < -0.3 is 14.0 Å². The van der Waals surface area contributed by atoms with Gasteiger partial charge in [0.05, 0.1) is 33.9 Å². The number of aryl methyl sites for hydroxylation is 1. The summed E-state index contributed by atoms with van der Waals surface area (Å²) in [5.41, 5.74) is 0. The van der Waals surface area contributed by atoms with E-state index in [2.05, 4.69) is 19.6 Å². The lowest BCUT2D eigenvalue weighted by atomic mass is 10.4. The van der Waals surface area contributed by atoms with Gasteiger partial charge in [-0.25, -0.2) is 0 Å². The van der Waals surface area contributed by atoms with Crippen LogP contribution in [-0.2, 0) is 25.6 Å². The Hall–Kier alpha value is -1.96. The molecule has 100 valence electrons. The molecule has 18 heavy (non-hydrogen) atoms. The first-order valence-electron chi connectivity index (χ1n) is 5.20. The van der Waals surface area contributed by atoms with Crippen molar-refractivity contribution in [3.63, 3.8) is 0 Å². The SMILES string of the molecule is COC(=O)CN(CC(=O)OC)Cc1noc(C)n1. The van der Waals surface area contributed by atoms with Crippen LogP contribution in [0.4, 0.5) is 0 Å². The van der Waals surface area contributed by atoms with Gasteiger partial charge >= 0.3 is 11.9 Å². The van der Waals surface area contributed by atoms with Crippen LogP contribution >= 0.6 is 0 Å². The fourth-order valence-electron chi connectivity index (χ4n) is 1.27.